The fourth-order valence-corrected chi connectivity index (χ4v) is 2.89. The second-order valence-electron chi connectivity index (χ2n) is 4.81. The second kappa shape index (κ2) is 5.54. The predicted octanol–water partition coefficient (Wildman–Crippen LogP) is 3.16. The lowest BCUT2D eigenvalue weighted by atomic mass is 10.0. The fraction of sp³-hybridized carbons (Fsp3) is 0.125. The van der Waals surface area contributed by atoms with Crippen LogP contribution >= 0.6 is 11.3 Å². The maximum atomic E-state index is 11.9. The van der Waals surface area contributed by atoms with Crippen molar-refractivity contribution in [2.75, 3.05) is 19.0 Å². The number of oxime groups is 1. The zero-order valence-electron chi connectivity index (χ0n) is 11.7. The fourth-order valence-electron chi connectivity index (χ4n) is 2.02. The van der Waals surface area contributed by atoms with Gasteiger partial charge >= 0.3 is 5.97 Å². The van der Waals surface area contributed by atoms with Crippen LogP contribution < -0.4 is 4.90 Å². The Labute approximate surface area is 127 Å². The molecule has 0 spiro atoms. The van der Waals surface area contributed by atoms with E-state index in [1.807, 2.05) is 67.5 Å². The summed E-state index contributed by atoms with van der Waals surface area (Å²) in [6, 6.07) is 13.6. The van der Waals surface area contributed by atoms with E-state index in [1.54, 1.807) is 11.3 Å². The normalized spacial score (nSPS) is 16.0. The Morgan fingerprint density at radius 2 is 1.90 bits per heavy atom. The van der Waals surface area contributed by atoms with Gasteiger partial charge in [0.25, 0.3) is 0 Å². The van der Waals surface area contributed by atoms with Crippen molar-refractivity contribution in [3.63, 3.8) is 0 Å². The number of carbonyl (C=O) groups excluding carboxylic acids is 1. The third-order valence-electron chi connectivity index (χ3n) is 3.08. The number of benzene rings is 1. The summed E-state index contributed by atoms with van der Waals surface area (Å²) in [7, 11) is 3.98. The van der Waals surface area contributed by atoms with Crippen molar-refractivity contribution >= 4 is 34.1 Å². The van der Waals surface area contributed by atoms with Gasteiger partial charge in [0.2, 0.25) is 0 Å². The number of hydrogen-bond acceptors (Lipinski definition) is 5. The molecule has 0 aliphatic carbocycles. The molecule has 0 fully saturated rings. The highest BCUT2D eigenvalue weighted by molar-refractivity contribution is 7.17. The molecule has 0 saturated carbocycles. The third-order valence-corrected chi connectivity index (χ3v) is 4.28. The van der Waals surface area contributed by atoms with Crippen molar-refractivity contribution in [1.29, 1.82) is 0 Å². The molecule has 0 saturated heterocycles. The quantitative estimate of drug-likeness (QED) is 0.645. The minimum atomic E-state index is -0.409. The zero-order valence-corrected chi connectivity index (χ0v) is 12.6. The molecule has 2 heterocycles. The van der Waals surface area contributed by atoms with Crippen LogP contribution in [0.5, 0.6) is 0 Å². The molecule has 2 aromatic rings. The smallest absolute Gasteiger partial charge is 0.368 e. The molecule has 4 nitrogen and oxygen atoms in total. The molecule has 0 N–H and O–H groups in total. The van der Waals surface area contributed by atoms with E-state index >= 15 is 0 Å². The van der Waals surface area contributed by atoms with E-state index < -0.39 is 5.97 Å². The first-order valence-corrected chi connectivity index (χ1v) is 7.31. The Hall–Kier alpha value is -2.40. The minimum Gasteiger partial charge on any atom is -0.370 e. The number of carbonyl (C=O) groups is 1. The van der Waals surface area contributed by atoms with Gasteiger partial charge in [-0.15, -0.1) is 11.3 Å². The Bertz CT molecular complexity index is 730. The van der Waals surface area contributed by atoms with Gasteiger partial charge in [-0.2, -0.15) is 0 Å². The number of thiophene rings is 1. The van der Waals surface area contributed by atoms with Crippen LogP contribution in [0.3, 0.4) is 0 Å². The molecule has 0 unspecified atom stereocenters. The average Bonchev–Trinajstić information content (AvgIpc) is 3.09. The van der Waals surface area contributed by atoms with Gasteiger partial charge in [-0.3, -0.25) is 0 Å². The summed E-state index contributed by atoms with van der Waals surface area (Å²) in [6.07, 6.45) is 1.83. The van der Waals surface area contributed by atoms with Gasteiger partial charge in [-0.1, -0.05) is 35.5 Å². The van der Waals surface area contributed by atoms with E-state index in [-0.39, 0.29) is 0 Å². The Morgan fingerprint density at radius 3 is 2.57 bits per heavy atom. The summed E-state index contributed by atoms with van der Waals surface area (Å²) in [4.78, 5) is 19.8. The van der Waals surface area contributed by atoms with Crippen molar-refractivity contribution in [2.24, 2.45) is 5.16 Å². The van der Waals surface area contributed by atoms with Gasteiger partial charge in [0.15, 0.2) is 0 Å². The van der Waals surface area contributed by atoms with E-state index in [2.05, 4.69) is 5.16 Å². The highest BCUT2D eigenvalue weighted by Crippen LogP contribution is 2.28. The Balaban J connectivity index is 1.96. The second-order valence-corrected chi connectivity index (χ2v) is 5.91. The molecule has 0 atom stereocenters. The van der Waals surface area contributed by atoms with Gasteiger partial charge in [0.05, 0.1) is 10.6 Å². The van der Waals surface area contributed by atoms with Crippen LogP contribution in [-0.4, -0.2) is 25.8 Å². The van der Waals surface area contributed by atoms with Gasteiger partial charge in [-0.25, -0.2) is 4.79 Å². The molecule has 0 amide bonds. The van der Waals surface area contributed by atoms with Crippen molar-refractivity contribution in [3.8, 4) is 0 Å². The number of rotatable bonds is 3. The summed E-state index contributed by atoms with van der Waals surface area (Å²) in [5.74, 6) is -0.409. The van der Waals surface area contributed by atoms with Crippen LogP contribution in [0.25, 0.3) is 6.08 Å². The van der Waals surface area contributed by atoms with E-state index in [4.69, 9.17) is 4.84 Å². The molecule has 3 rings (SSSR count). The SMILES string of the molecule is CN(C)c1ccc(/C=C2/C(=O)ON=C2c2ccccc2)s1. The van der Waals surface area contributed by atoms with E-state index in [9.17, 15) is 4.79 Å². The molecule has 1 aromatic carbocycles. The molecule has 1 aromatic heterocycles. The van der Waals surface area contributed by atoms with Crippen LogP contribution in [0, 0.1) is 0 Å². The predicted molar refractivity (Wildman–Crippen MR) is 85.7 cm³/mol. The van der Waals surface area contributed by atoms with Crippen molar-refractivity contribution < 1.29 is 9.63 Å². The molecule has 1 aliphatic heterocycles. The summed E-state index contributed by atoms with van der Waals surface area (Å²) < 4.78 is 0. The summed E-state index contributed by atoms with van der Waals surface area (Å²) in [5.41, 5.74) is 1.95. The molecule has 5 heteroatoms. The molecular weight excluding hydrogens is 284 g/mol. The summed E-state index contributed by atoms with van der Waals surface area (Å²) in [5, 5.41) is 5.03. The molecule has 1 aliphatic rings. The zero-order chi connectivity index (χ0) is 14.8. The van der Waals surface area contributed by atoms with Crippen LogP contribution in [0.1, 0.15) is 10.4 Å². The lowest BCUT2D eigenvalue weighted by Gasteiger charge is -2.06. The molecule has 21 heavy (non-hydrogen) atoms. The molecular formula is C16H14N2O2S. The first-order valence-electron chi connectivity index (χ1n) is 6.49. The van der Waals surface area contributed by atoms with E-state index in [0.29, 0.717) is 11.3 Å². The minimum absolute atomic E-state index is 0.409. The topological polar surface area (TPSA) is 41.9 Å². The lowest BCUT2D eigenvalue weighted by molar-refractivity contribution is -0.136. The molecule has 106 valence electrons. The van der Waals surface area contributed by atoms with Crippen molar-refractivity contribution in [3.05, 3.63) is 58.5 Å². The Morgan fingerprint density at radius 1 is 1.14 bits per heavy atom. The number of hydrogen-bond donors (Lipinski definition) is 0. The molecule has 0 bridgehead atoms. The highest BCUT2D eigenvalue weighted by Gasteiger charge is 2.26. The maximum Gasteiger partial charge on any atom is 0.368 e. The first-order chi connectivity index (χ1) is 10.1. The lowest BCUT2D eigenvalue weighted by Crippen LogP contribution is -2.06. The Kier molecular flexibility index (Phi) is 3.58. The van der Waals surface area contributed by atoms with Gasteiger partial charge in [-0.05, 0) is 18.2 Å². The van der Waals surface area contributed by atoms with Gasteiger partial charge in [0.1, 0.15) is 5.71 Å². The summed E-state index contributed by atoms with van der Waals surface area (Å²) in [6.45, 7) is 0. The van der Waals surface area contributed by atoms with Crippen LogP contribution in [0.15, 0.2) is 53.2 Å². The van der Waals surface area contributed by atoms with Crippen LogP contribution in [0.2, 0.25) is 0 Å². The standard InChI is InChI=1S/C16H14N2O2S/c1-18(2)14-9-8-12(21-14)10-13-15(17-20-16(13)19)11-6-4-3-5-7-11/h3-10H,1-2H3/b13-10+. The largest absolute Gasteiger partial charge is 0.370 e. The highest BCUT2D eigenvalue weighted by atomic mass is 32.1. The maximum absolute atomic E-state index is 11.9. The number of anilines is 1. The van der Waals surface area contributed by atoms with Crippen LogP contribution in [-0.2, 0) is 9.63 Å². The average molecular weight is 298 g/mol. The third kappa shape index (κ3) is 2.73. The van der Waals surface area contributed by atoms with Gasteiger partial charge < -0.3 is 9.74 Å². The van der Waals surface area contributed by atoms with Gasteiger partial charge in [0, 0.05) is 24.5 Å². The summed E-state index contributed by atoms with van der Waals surface area (Å²) >= 11 is 1.61. The first kappa shape index (κ1) is 13.6. The molecule has 0 radical (unpaired) electrons. The van der Waals surface area contributed by atoms with E-state index in [1.165, 1.54) is 0 Å². The number of nitrogens with zero attached hydrogens (tertiary/aromatic N) is 2. The van der Waals surface area contributed by atoms with Crippen LogP contribution in [0.4, 0.5) is 5.00 Å². The van der Waals surface area contributed by atoms with E-state index in [0.717, 1.165) is 15.4 Å². The monoisotopic (exact) mass is 298 g/mol. The van der Waals surface area contributed by atoms with Crippen molar-refractivity contribution in [2.45, 2.75) is 0 Å². The van der Waals surface area contributed by atoms with Crippen molar-refractivity contribution in [1.82, 2.24) is 0 Å².